The quantitative estimate of drug-likeness (QED) is 0.228. The summed E-state index contributed by atoms with van der Waals surface area (Å²) in [6.07, 6.45) is -2.06. The molecule has 0 radical (unpaired) electrons. The zero-order valence-corrected chi connectivity index (χ0v) is 19.9. The van der Waals surface area contributed by atoms with Gasteiger partial charge < -0.3 is 4.74 Å². The molecule has 168 valence electrons. The van der Waals surface area contributed by atoms with Crippen molar-refractivity contribution < 1.29 is 13.5 Å². The van der Waals surface area contributed by atoms with Crippen LogP contribution in [0.3, 0.4) is 0 Å². The van der Waals surface area contributed by atoms with Crippen molar-refractivity contribution in [2.24, 2.45) is 0 Å². The minimum atomic E-state index is -1.03. The average Bonchev–Trinajstić information content (AvgIpc) is 2.83. The van der Waals surface area contributed by atoms with Crippen molar-refractivity contribution in [1.82, 2.24) is 0 Å². The van der Waals surface area contributed by atoms with Crippen LogP contribution in [0.25, 0.3) is 0 Å². The van der Waals surface area contributed by atoms with E-state index in [9.17, 15) is 0 Å². The second kappa shape index (κ2) is 10.4. The predicted molar refractivity (Wildman–Crippen MR) is 130 cm³/mol. The fourth-order valence-corrected chi connectivity index (χ4v) is 4.42. The van der Waals surface area contributed by atoms with E-state index in [1.807, 2.05) is 12.1 Å². The van der Waals surface area contributed by atoms with Gasteiger partial charge in [-0.25, -0.2) is 8.78 Å². The van der Waals surface area contributed by atoms with Gasteiger partial charge in [0.25, 0.3) is 0 Å². The molecule has 0 aliphatic rings. The Morgan fingerprint density at radius 1 is 0.515 bits per heavy atom. The fraction of sp³-hybridized carbons (Fsp3) is 0.0769. The summed E-state index contributed by atoms with van der Waals surface area (Å²) in [6.45, 7) is 0. The average molecular weight is 524 g/mol. The lowest BCUT2D eigenvalue weighted by atomic mass is 9.97. The number of hydrogen-bond donors (Lipinski definition) is 0. The van der Waals surface area contributed by atoms with Crippen LogP contribution in [0.4, 0.5) is 8.78 Å². The molecule has 0 amide bonds. The molecule has 0 spiro atoms. The van der Waals surface area contributed by atoms with Crippen molar-refractivity contribution >= 4 is 46.4 Å². The molecule has 1 nitrogen and oxygen atoms in total. The van der Waals surface area contributed by atoms with Crippen LogP contribution in [0.15, 0.2) is 84.9 Å². The van der Waals surface area contributed by atoms with Crippen molar-refractivity contribution in [3.8, 4) is 0 Å². The third kappa shape index (κ3) is 5.03. The van der Waals surface area contributed by atoms with Crippen LogP contribution in [0, 0.1) is 11.6 Å². The molecule has 0 fully saturated rings. The Kier molecular flexibility index (Phi) is 7.58. The van der Waals surface area contributed by atoms with E-state index in [-0.39, 0.29) is 31.2 Å². The van der Waals surface area contributed by atoms with Gasteiger partial charge >= 0.3 is 0 Å². The molecule has 2 unspecified atom stereocenters. The van der Waals surface area contributed by atoms with Gasteiger partial charge in [-0.1, -0.05) is 107 Å². The summed E-state index contributed by atoms with van der Waals surface area (Å²) in [5.74, 6) is -1.22. The molecule has 0 aliphatic heterocycles. The Morgan fingerprint density at radius 2 is 0.879 bits per heavy atom. The topological polar surface area (TPSA) is 9.23 Å². The summed E-state index contributed by atoms with van der Waals surface area (Å²) in [5.41, 5.74) is 1.27. The summed E-state index contributed by atoms with van der Waals surface area (Å²) >= 11 is 25.3. The second-order valence-electron chi connectivity index (χ2n) is 7.23. The molecule has 4 aromatic carbocycles. The van der Waals surface area contributed by atoms with E-state index in [4.69, 9.17) is 51.1 Å². The first-order chi connectivity index (χ1) is 15.9. The molecule has 4 aromatic rings. The molecular weight excluding hydrogens is 508 g/mol. The Balaban J connectivity index is 1.94. The van der Waals surface area contributed by atoms with Crippen molar-refractivity contribution in [3.05, 3.63) is 139 Å². The molecule has 4 rings (SSSR count). The first kappa shape index (κ1) is 24.0. The van der Waals surface area contributed by atoms with Crippen molar-refractivity contribution in [3.63, 3.8) is 0 Å². The van der Waals surface area contributed by atoms with Crippen LogP contribution in [0.1, 0.15) is 34.5 Å². The van der Waals surface area contributed by atoms with Crippen LogP contribution < -0.4 is 0 Å². The largest absolute Gasteiger partial charge is 0.356 e. The number of ether oxygens (including phenoxy) is 1. The summed E-state index contributed by atoms with van der Waals surface area (Å²) in [7, 11) is 0. The maximum Gasteiger partial charge on any atom is 0.130 e. The second-order valence-corrected chi connectivity index (χ2v) is 8.80. The zero-order chi connectivity index (χ0) is 23.5. The Morgan fingerprint density at radius 3 is 1.24 bits per heavy atom. The molecule has 0 heterocycles. The predicted octanol–water partition coefficient (Wildman–Crippen LogP) is 9.47. The highest BCUT2D eigenvalue weighted by Gasteiger charge is 2.31. The van der Waals surface area contributed by atoms with Gasteiger partial charge in [0.2, 0.25) is 0 Å². The lowest BCUT2D eigenvalue weighted by Gasteiger charge is -2.28. The fourth-order valence-electron chi connectivity index (χ4n) is 3.58. The molecule has 0 bridgehead atoms. The van der Waals surface area contributed by atoms with Gasteiger partial charge in [0.15, 0.2) is 0 Å². The molecule has 0 aromatic heterocycles. The Labute approximate surface area is 210 Å². The van der Waals surface area contributed by atoms with Crippen LogP contribution in [0.5, 0.6) is 0 Å². The van der Waals surface area contributed by atoms with Crippen molar-refractivity contribution in [2.45, 2.75) is 12.2 Å². The Hall–Kier alpha value is -2.14. The van der Waals surface area contributed by atoms with Gasteiger partial charge in [0.1, 0.15) is 23.8 Å². The van der Waals surface area contributed by atoms with Crippen LogP contribution in [-0.2, 0) is 4.74 Å². The molecule has 7 heteroatoms. The molecule has 0 saturated heterocycles. The van der Waals surface area contributed by atoms with E-state index in [2.05, 4.69) is 0 Å². The minimum absolute atomic E-state index is 0.00925. The molecule has 33 heavy (non-hydrogen) atoms. The van der Waals surface area contributed by atoms with E-state index in [0.29, 0.717) is 11.1 Å². The van der Waals surface area contributed by atoms with Crippen LogP contribution in [-0.4, -0.2) is 0 Å². The van der Waals surface area contributed by atoms with E-state index in [1.54, 1.807) is 48.5 Å². The lowest BCUT2D eigenvalue weighted by molar-refractivity contribution is 0.0272. The normalized spacial score (nSPS) is 13.0. The molecule has 0 saturated carbocycles. The third-order valence-corrected chi connectivity index (χ3v) is 6.80. The van der Waals surface area contributed by atoms with Gasteiger partial charge in [0, 0.05) is 11.1 Å². The highest BCUT2D eigenvalue weighted by Crippen LogP contribution is 2.44. The maximum absolute atomic E-state index is 15.1. The van der Waals surface area contributed by atoms with Gasteiger partial charge in [0.05, 0.1) is 20.1 Å². The van der Waals surface area contributed by atoms with E-state index in [1.165, 1.54) is 24.3 Å². The first-order valence-electron chi connectivity index (χ1n) is 9.90. The van der Waals surface area contributed by atoms with Crippen LogP contribution >= 0.6 is 46.4 Å². The lowest BCUT2D eigenvalue weighted by Crippen LogP contribution is -2.16. The number of benzene rings is 4. The summed E-state index contributed by atoms with van der Waals surface area (Å²) < 4.78 is 36.7. The SMILES string of the molecule is Fc1ccc(Cl)c(Cl)c1C(OC(c1ccccc1)c1c(F)ccc(Cl)c1Cl)c1ccccc1. The summed E-state index contributed by atoms with van der Waals surface area (Å²) in [6, 6.07) is 23.0. The number of rotatable bonds is 6. The van der Waals surface area contributed by atoms with Gasteiger partial charge in [-0.15, -0.1) is 0 Å². The zero-order valence-electron chi connectivity index (χ0n) is 16.9. The van der Waals surface area contributed by atoms with E-state index < -0.39 is 23.8 Å². The number of hydrogen-bond acceptors (Lipinski definition) is 1. The molecule has 0 aliphatic carbocycles. The summed E-state index contributed by atoms with van der Waals surface area (Å²) in [5, 5.41) is 0.353. The van der Waals surface area contributed by atoms with Crippen molar-refractivity contribution in [1.29, 1.82) is 0 Å². The Bertz CT molecular complexity index is 1170. The molecule has 2 atom stereocenters. The monoisotopic (exact) mass is 522 g/mol. The van der Waals surface area contributed by atoms with Gasteiger partial charge in [-0.05, 0) is 35.4 Å². The van der Waals surface area contributed by atoms with Gasteiger partial charge in [-0.2, -0.15) is 0 Å². The van der Waals surface area contributed by atoms with E-state index in [0.717, 1.165) is 0 Å². The van der Waals surface area contributed by atoms with Gasteiger partial charge in [-0.3, -0.25) is 0 Å². The third-order valence-electron chi connectivity index (χ3n) is 5.16. The first-order valence-corrected chi connectivity index (χ1v) is 11.4. The summed E-state index contributed by atoms with van der Waals surface area (Å²) in [4.78, 5) is 0. The number of halogens is 6. The molecular formula is C26H16Cl4F2O. The maximum atomic E-state index is 15.1. The smallest absolute Gasteiger partial charge is 0.130 e. The van der Waals surface area contributed by atoms with Crippen molar-refractivity contribution in [2.75, 3.05) is 0 Å². The van der Waals surface area contributed by atoms with Crippen LogP contribution in [0.2, 0.25) is 20.1 Å². The highest BCUT2D eigenvalue weighted by atomic mass is 35.5. The van der Waals surface area contributed by atoms with E-state index >= 15 is 8.78 Å². The molecule has 0 N–H and O–H groups in total. The minimum Gasteiger partial charge on any atom is -0.356 e. The standard InChI is InChI=1S/C26H16Cl4F2O/c27-17-11-13-19(31)21(23(17)29)25(15-7-3-1-4-8-15)33-26(16-9-5-2-6-10-16)22-20(32)14-12-18(28)24(22)30/h1-14,25-26H. The highest BCUT2D eigenvalue weighted by molar-refractivity contribution is 6.43.